The Labute approximate surface area is 114 Å². The van der Waals surface area contributed by atoms with Gasteiger partial charge in [-0.1, -0.05) is 36.4 Å². The van der Waals surface area contributed by atoms with Crippen molar-refractivity contribution in [2.75, 3.05) is 0 Å². The number of amides is 1. The minimum Gasteiger partial charge on any atom is -0.298 e. The maximum absolute atomic E-state index is 11.7. The van der Waals surface area contributed by atoms with E-state index in [0.717, 1.165) is 5.56 Å². The Morgan fingerprint density at radius 2 is 1.89 bits per heavy atom. The van der Waals surface area contributed by atoms with Crippen LogP contribution in [-0.4, -0.2) is 5.91 Å². The standard InChI is InChI=1S/C13H11ClN2OS/c1-9(10-4-6-11(14)7-5-10)15-16-13(17)12-3-2-8-18-12/h2-8,15H,1H2,(H,16,17). The number of thiophene rings is 1. The molecule has 1 amide bonds. The molecular weight excluding hydrogens is 268 g/mol. The fourth-order valence-electron chi connectivity index (χ4n) is 1.32. The second-order valence-electron chi connectivity index (χ2n) is 3.54. The number of hydrazine groups is 1. The van der Waals surface area contributed by atoms with Gasteiger partial charge in [-0.05, 0) is 29.1 Å². The Hall–Kier alpha value is -1.78. The number of rotatable bonds is 4. The lowest BCUT2D eigenvalue weighted by molar-refractivity contribution is 0.0946. The molecule has 0 aliphatic heterocycles. The van der Waals surface area contributed by atoms with Crippen LogP contribution in [-0.2, 0) is 0 Å². The van der Waals surface area contributed by atoms with Gasteiger partial charge < -0.3 is 0 Å². The summed E-state index contributed by atoms with van der Waals surface area (Å²) in [4.78, 5) is 12.3. The monoisotopic (exact) mass is 278 g/mol. The van der Waals surface area contributed by atoms with Crippen LogP contribution in [0, 0.1) is 0 Å². The summed E-state index contributed by atoms with van der Waals surface area (Å²) in [6, 6.07) is 10.8. The molecule has 2 rings (SSSR count). The first-order valence-electron chi connectivity index (χ1n) is 5.21. The number of carbonyl (C=O) groups excluding carboxylic acids is 1. The third kappa shape index (κ3) is 3.12. The van der Waals surface area contributed by atoms with Gasteiger partial charge in [0.1, 0.15) is 0 Å². The van der Waals surface area contributed by atoms with Gasteiger partial charge in [0.25, 0.3) is 5.91 Å². The van der Waals surface area contributed by atoms with Crippen LogP contribution in [0.3, 0.4) is 0 Å². The molecule has 0 radical (unpaired) electrons. The number of hydrogen-bond acceptors (Lipinski definition) is 3. The highest BCUT2D eigenvalue weighted by molar-refractivity contribution is 7.12. The summed E-state index contributed by atoms with van der Waals surface area (Å²) < 4.78 is 0. The summed E-state index contributed by atoms with van der Waals surface area (Å²) in [6.45, 7) is 3.84. The summed E-state index contributed by atoms with van der Waals surface area (Å²) in [5, 5.41) is 2.51. The van der Waals surface area contributed by atoms with Crippen molar-refractivity contribution in [3.63, 3.8) is 0 Å². The number of nitrogens with one attached hydrogen (secondary N) is 2. The van der Waals surface area contributed by atoms with E-state index in [0.29, 0.717) is 15.6 Å². The van der Waals surface area contributed by atoms with Crippen molar-refractivity contribution < 1.29 is 4.79 Å². The third-order valence-electron chi connectivity index (χ3n) is 2.26. The Morgan fingerprint density at radius 1 is 1.17 bits per heavy atom. The predicted octanol–water partition coefficient (Wildman–Crippen LogP) is 3.31. The Balaban J connectivity index is 1.92. The molecule has 0 bridgehead atoms. The highest BCUT2D eigenvalue weighted by atomic mass is 35.5. The molecule has 0 saturated carbocycles. The molecule has 18 heavy (non-hydrogen) atoms. The zero-order valence-corrected chi connectivity index (χ0v) is 11.0. The Bertz CT molecular complexity index is 549. The normalized spacial score (nSPS) is 9.83. The van der Waals surface area contributed by atoms with Crippen LogP contribution in [0.2, 0.25) is 5.02 Å². The minimum absolute atomic E-state index is 0.180. The van der Waals surface area contributed by atoms with Gasteiger partial charge in [0, 0.05) is 5.02 Å². The summed E-state index contributed by atoms with van der Waals surface area (Å²) in [6.07, 6.45) is 0. The van der Waals surface area contributed by atoms with E-state index in [2.05, 4.69) is 17.4 Å². The number of hydrogen-bond donors (Lipinski definition) is 2. The third-order valence-corrected chi connectivity index (χ3v) is 3.39. The van der Waals surface area contributed by atoms with Crippen molar-refractivity contribution in [3.05, 3.63) is 63.8 Å². The molecule has 2 aromatic rings. The first-order valence-corrected chi connectivity index (χ1v) is 6.47. The largest absolute Gasteiger partial charge is 0.298 e. The van der Waals surface area contributed by atoms with Crippen molar-refractivity contribution in [2.45, 2.75) is 0 Å². The average Bonchev–Trinajstić information content (AvgIpc) is 2.90. The fourth-order valence-corrected chi connectivity index (χ4v) is 2.07. The molecule has 1 heterocycles. The van der Waals surface area contributed by atoms with Gasteiger partial charge in [0.2, 0.25) is 0 Å². The molecule has 1 aromatic heterocycles. The summed E-state index contributed by atoms with van der Waals surface area (Å²) >= 11 is 7.17. The van der Waals surface area contributed by atoms with E-state index >= 15 is 0 Å². The molecule has 0 aliphatic carbocycles. The van der Waals surface area contributed by atoms with Gasteiger partial charge in [-0.25, -0.2) is 0 Å². The van der Waals surface area contributed by atoms with Gasteiger partial charge in [-0.2, -0.15) is 0 Å². The van der Waals surface area contributed by atoms with Crippen LogP contribution >= 0.6 is 22.9 Å². The average molecular weight is 279 g/mol. The lowest BCUT2D eigenvalue weighted by atomic mass is 10.2. The highest BCUT2D eigenvalue weighted by Gasteiger charge is 2.06. The van der Waals surface area contributed by atoms with Crippen molar-refractivity contribution in [1.82, 2.24) is 10.9 Å². The molecular formula is C13H11ClN2OS. The number of benzene rings is 1. The van der Waals surface area contributed by atoms with E-state index in [4.69, 9.17) is 11.6 Å². The number of carbonyl (C=O) groups is 1. The molecule has 92 valence electrons. The second-order valence-corrected chi connectivity index (χ2v) is 4.93. The van der Waals surface area contributed by atoms with E-state index in [9.17, 15) is 4.79 Å². The van der Waals surface area contributed by atoms with Gasteiger partial charge in [0.05, 0.1) is 10.6 Å². The lowest BCUT2D eigenvalue weighted by Crippen LogP contribution is -2.35. The van der Waals surface area contributed by atoms with E-state index in [1.54, 1.807) is 18.2 Å². The second kappa shape index (κ2) is 5.71. The molecule has 5 heteroatoms. The SMILES string of the molecule is C=C(NNC(=O)c1cccs1)c1ccc(Cl)cc1. The topological polar surface area (TPSA) is 41.1 Å². The molecule has 0 atom stereocenters. The molecule has 0 aliphatic rings. The van der Waals surface area contributed by atoms with Gasteiger partial charge in [-0.15, -0.1) is 11.3 Å². The van der Waals surface area contributed by atoms with Crippen molar-refractivity contribution in [2.24, 2.45) is 0 Å². The van der Waals surface area contributed by atoms with Crippen molar-refractivity contribution >= 4 is 34.5 Å². The molecule has 3 nitrogen and oxygen atoms in total. The highest BCUT2D eigenvalue weighted by Crippen LogP contribution is 2.14. The van der Waals surface area contributed by atoms with Crippen LogP contribution in [0.5, 0.6) is 0 Å². The molecule has 0 saturated heterocycles. The van der Waals surface area contributed by atoms with Crippen LogP contribution in [0.15, 0.2) is 48.4 Å². The fraction of sp³-hybridized carbons (Fsp3) is 0. The Kier molecular flexibility index (Phi) is 4.02. The molecule has 2 N–H and O–H groups in total. The summed E-state index contributed by atoms with van der Waals surface area (Å²) in [5.41, 5.74) is 6.84. The van der Waals surface area contributed by atoms with Gasteiger partial charge >= 0.3 is 0 Å². The van der Waals surface area contributed by atoms with Crippen LogP contribution in [0.1, 0.15) is 15.2 Å². The van der Waals surface area contributed by atoms with E-state index in [1.807, 2.05) is 23.6 Å². The van der Waals surface area contributed by atoms with Gasteiger partial charge in [-0.3, -0.25) is 15.6 Å². The van der Waals surface area contributed by atoms with E-state index < -0.39 is 0 Å². The molecule has 0 unspecified atom stereocenters. The molecule has 0 spiro atoms. The minimum atomic E-state index is -0.180. The maximum Gasteiger partial charge on any atom is 0.279 e. The van der Waals surface area contributed by atoms with E-state index in [-0.39, 0.29) is 5.91 Å². The van der Waals surface area contributed by atoms with Crippen LogP contribution in [0.4, 0.5) is 0 Å². The number of halogens is 1. The zero-order chi connectivity index (χ0) is 13.0. The summed E-state index contributed by atoms with van der Waals surface area (Å²) in [5.74, 6) is -0.180. The maximum atomic E-state index is 11.7. The van der Waals surface area contributed by atoms with E-state index in [1.165, 1.54) is 11.3 Å². The first kappa shape index (κ1) is 12.7. The van der Waals surface area contributed by atoms with Crippen LogP contribution < -0.4 is 10.9 Å². The predicted molar refractivity (Wildman–Crippen MR) is 75.4 cm³/mol. The smallest absolute Gasteiger partial charge is 0.279 e. The zero-order valence-electron chi connectivity index (χ0n) is 9.44. The first-order chi connectivity index (χ1) is 8.66. The lowest BCUT2D eigenvalue weighted by Gasteiger charge is -2.10. The quantitative estimate of drug-likeness (QED) is 0.843. The van der Waals surface area contributed by atoms with Crippen molar-refractivity contribution in [3.8, 4) is 0 Å². The van der Waals surface area contributed by atoms with Gasteiger partial charge in [0.15, 0.2) is 0 Å². The molecule has 1 aromatic carbocycles. The summed E-state index contributed by atoms with van der Waals surface area (Å²) in [7, 11) is 0. The van der Waals surface area contributed by atoms with Crippen molar-refractivity contribution in [1.29, 1.82) is 0 Å². The van der Waals surface area contributed by atoms with Crippen LogP contribution in [0.25, 0.3) is 5.70 Å². The molecule has 0 fully saturated rings. The Morgan fingerprint density at radius 3 is 2.50 bits per heavy atom.